The molecule has 0 heterocycles. The Bertz CT molecular complexity index is 379. The number of phenolic OH excluding ortho intramolecular Hbond substituents is 2. The summed E-state index contributed by atoms with van der Waals surface area (Å²) < 4.78 is 22.7. The van der Waals surface area contributed by atoms with E-state index in [1.54, 1.807) is 20.8 Å². The third-order valence-electron chi connectivity index (χ3n) is 1.52. The fourth-order valence-electron chi connectivity index (χ4n) is 0.765. The molecule has 66 valence electrons. The molecule has 0 aliphatic heterocycles. The van der Waals surface area contributed by atoms with Crippen LogP contribution in [0.25, 0.3) is 0 Å². The third kappa shape index (κ3) is 1.70. The summed E-state index contributed by atoms with van der Waals surface area (Å²) in [6, 6.07) is -0.919. The van der Waals surface area contributed by atoms with Gasteiger partial charge in [0.25, 0.3) is 0 Å². The van der Waals surface area contributed by atoms with E-state index in [9.17, 15) is 10.2 Å². The van der Waals surface area contributed by atoms with Gasteiger partial charge in [-0.3, -0.25) is 0 Å². The Balaban J connectivity index is 3.68. The van der Waals surface area contributed by atoms with Gasteiger partial charge in [0.2, 0.25) is 0 Å². The molecule has 0 bridgehead atoms. The minimum atomic E-state index is -0.696. The highest BCUT2D eigenvalue weighted by Crippen LogP contribution is 2.30. The van der Waals surface area contributed by atoms with Gasteiger partial charge in [-0.15, -0.1) is 0 Å². The second-order valence-corrected chi connectivity index (χ2v) is 3.70. The molecule has 0 saturated heterocycles. The molecule has 0 amide bonds. The van der Waals surface area contributed by atoms with Crippen LogP contribution in [0.4, 0.5) is 0 Å². The Morgan fingerprint density at radius 3 is 2.25 bits per heavy atom. The van der Waals surface area contributed by atoms with Crippen molar-refractivity contribution in [2.24, 2.45) is 0 Å². The lowest BCUT2D eigenvalue weighted by Gasteiger charge is -2.19. The quantitative estimate of drug-likeness (QED) is 0.585. The summed E-state index contributed by atoms with van der Waals surface area (Å²) in [6.07, 6.45) is 0. The van der Waals surface area contributed by atoms with Crippen LogP contribution in [-0.2, 0) is 5.41 Å². The number of benzene rings is 1. The summed E-state index contributed by atoms with van der Waals surface area (Å²) in [4.78, 5) is 0. The topological polar surface area (TPSA) is 40.5 Å². The van der Waals surface area contributed by atoms with Crippen molar-refractivity contribution in [3.05, 3.63) is 23.7 Å². The normalized spacial score (nSPS) is 15.1. The summed E-state index contributed by atoms with van der Waals surface area (Å²) >= 11 is 0. The molecular formula is C10H14O2. The maximum Gasteiger partial charge on any atom is 0.157 e. The molecule has 0 saturated carbocycles. The molecule has 0 aliphatic rings. The van der Waals surface area contributed by atoms with Gasteiger partial charge in [-0.1, -0.05) is 26.8 Å². The summed E-state index contributed by atoms with van der Waals surface area (Å²) in [6.45, 7) is 5.36. The summed E-state index contributed by atoms with van der Waals surface area (Å²) in [7, 11) is 0. The summed E-state index contributed by atoms with van der Waals surface area (Å²) in [5.74, 6) is -1.32. The van der Waals surface area contributed by atoms with Gasteiger partial charge in [0.15, 0.2) is 11.5 Å². The van der Waals surface area contributed by atoms with Gasteiger partial charge in [-0.2, -0.15) is 0 Å². The van der Waals surface area contributed by atoms with E-state index >= 15 is 0 Å². The number of aromatic hydroxyl groups is 2. The molecular weight excluding hydrogens is 152 g/mol. The molecule has 12 heavy (non-hydrogen) atoms. The molecule has 2 N–H and O–H groups in total. The van der Waals surface area contributed by atoms with Crippen molar-refractivity contribution in [2.75, 3.05) is 0 Å². The van der Waals surface area contributed by atoms with Crippen molar-refractivity contribution in [1.29, 1.82) is 0 Å². The highest BCUT2D eigenvalue weighted by atomic mass is 16.3. The van der Waals surface area contributed by atoms with Crippen LogP contribution in [0.5, 0.6) is 11.5 Å². The molecule has 2 heteroatoms. The molecule has 0 aromatic heterocycles. The minimum absolute atomic E-state index is 0.206. The number of hydrogen-bond acceptors (Lipinski definition) is 2. The maximum absolute atomic E-state index is 9.41. The molecule has 0 fully saturated rings. The fourth-order valence-corrected chi connectivity index (χ4v) is 0.765. The van der Waals surface area contributed by atoms with Gasteiger partial charge in [0, 0.05) is 0 Å². The average Bonchev–Trinajstić information content (AvgIpc) is 2.09. The zero-order chi connectivity index (χ0) is 12.0. The van der Waals surface area contributed by atoms with Gasteiger partial charge in [-0.05, 0) is 23.1 Å². The van der Waals surface area contributed by atoms with Gasteiger partial charge in [0.1, 0.15) is 0 Å². The first-order valence-corrected chi connectivity index (χ1v) is 3.70. The highest BCUT2D eigenvalue weighted by molar-refractivity contribution is 5.42. The van der Waals surface area contributed by atoms with Crippen LogP contribution >= 0.6 is 0 Å². The molecule has 0 atom stereocenters. The average molecular weight is 169 g/mol. The first-order valence-electron chi connectivity index (χ1n) is 5.20. The van der Waals surface area contributed by atoms with E-state index < -0.39 is 23.0 Å². The maximum atomic E-state index is 9.41. The largest absolute Gasteiger partial charge is 0.504 e. The van der Waals surface area contributed by atoms with Crippen LogP contribution < -0.4 is 0 Å². The number of phenols is 2. The smallest absolute Gasteiger partial charge is 0.157 e. The summed E-state index contributed by atoms with van der Waals surface area (Å²) in [5, 5.41) is 18.7. The van der Waals surface area contributed by atoms with Crippen molar-refractivity contribution in [1.82, 2.24) is 0 Å². The van der Waals surface area contributed by atoms with Crippen molar-refractivity contribution in [3.8, 4) is 11.5 Å². The zero-order valence-corrected chi connectivity index (χ0v) is 7.39. The second kappa shape index (κ2) is 2.70. The van der Waals surface area contributed by atoms with Crippen LogP contribution in [0.2, 0.25) is 0 Å². The van der Waals surface area contributed by atoms with E-state index in [-0.39, 0.29) is 17.6 Å². The Morgan fingerprint density at radius 2 is 1.75 bits per heavy atom. The van der Waals surface area contributed by atoms with Gasteiger partial charge in [-0.25, -0.2) is 0 Å². The predicted molar refractivity (Wildman–Crippen MR) is 48.5 cm³/mol. The van der Waals surface area contributed by atoms with Crippen LogP contribution in [0, 0.1) is 0 Å². The number of rotatable bonds is 0. The van der Waals surface area contributed by atoms with E-state index in [4.69, 9.17) is 4.11 Å². The molecule has 1 rings (SSSR count). The van der Waals surface area contributed by atoms with Crippen LogP contribution in [-0.4, -0.2) is 10.2 Å². The van der Waals surface area contributed by atoms with Crippen LogP contribution in [0.1, 0.15) is 30.4 Å². The van der Waals surface area contributed by atoms with Crippen molar-refractivity contribution in [3.63, 3.8) is 0 Å². The minimum Gasteiger partial charge on any atom is -0.504 e. The van der Waals surface area contributed by atoms with E-state index in [2.05, 4.69) is 0 Å². The fraction of sp³-hybridized carbons (Fsp3) is 0.400. The van der Waals surface area contributed by atoms with Crippen molar-refractivity contribution < 1.29 is 14.3 Å². The van der Waals surface area contributed by atoms with E-state index in [0.717, 1.165) is 0 Å². The lowest BCUT2D eigenvalue weighted by Crippen LogP contribution is -2.10. The van der Waals surface area contributed by atoms with Crippen LogP contribution in [0.3, 0.4) is 0 Å². The monoisotopic (exact) mass is 169 g/mol. The third-order valence-corrected chi connectivity index (χ3v) is 1.52. The lowest BCUT2D eigenvalue weighted by molar-refractivity contribution is 0.401. The van der Waals surface area contributed by atoms with Crippen LogP contribution in [0.15, 0.2) is 18.1 Å². The lowest BCUT2D eigenvalue weighted by atomic mass is 9.87. The molecule has 0 unspecified atom stereocenters. The first kappa shape index (κ1) is 5.46. The van der Waals surface area contributed by atoms with Crippen molar-refractivity contribution in [2.45, 2.75) is 26.2 Å². The van der Waals surface area contributed by atoms with Gasteiger partial charge in [0.05, 0.1) is 4.11 Å². The van der Waals surface area contributed by atoms with E-state index in [0.29, 0.717) is 0 Å². The Hall–Kier alpha value is -1.18. The molecule has 0 spiro atoms. The molecule has 0 radical (unpaired) electrons. The second-order valence-electron chi connectivity index (χ2n) is 3.70. The molecule has 0 aliphatic carbocycles. The molecule has 1 aromatic carbocycles. The Morgan fingerprint density at radius 1 is 1.17 bits per heavy atom. The first-order chi connectivity index (χ1) is 6.68. The zero-order valence-electron chi connectivity index (χ0n) is 10.4. The molecule has 2 nitrogen and oxygen atoms in total. The van der Waals surface area contributed by atoms with Gasteiger partial charge >= 0.3 is 0 Å². The Kier molecular flexibility index (Phi) is 1.23. The van der Waals surface area contributed by atoms with Gasteiger partial charge < -0.3 is 10.2 Å². The Labute approximate surface area is 76.7 Å². The SMILES string of the molecule is [2H]c1c([2H])c(C(C)(C)C)c([2H])c(O)c1O. The van der Waals surface area contributed by atoms with E-state index in [1.165, 1.54) is 0 Å². The standard InChI is InChI=1S/C10H14O2/c1-10(2,3)7-4-5-8(11)9(12)6-7/h4-6,11-12H,1-3H3/i4D,5D,6D. The highest BCUT2D eigenvalue weighted by Gasteiger charge is 2.14. The molecule has 1 aromatic rings. The number of hydrogen-bond donors (Lipinski definition) is 2. The van der Waals surface area contributed by atoms with Crippen molar-refractivity contribution >= 4 is 0 Å². The van der Waals surface area contributed by atoms with E-state index in [1.807, 2.05) is 0 Å². The summed E-state index contributed by atoms with van der Waals surface area (Å²) in [5.41, 5.74) is -0.252. The predicted octanol–water partition coefficient (Wildman–Crippen LogP) is 2.40.